The molecule has 0 amide bonds. The van der Waals surface area contributed by atoms with Crippen molar-refractivity contribution in [2.45, 2.75) is 43.0 Å². The van der Waals surface area contributed by atoms with Gasteiger partial charge >= 0.3 is 5.97 Å². The first kappa shape index (κ1) is 14.7. The standard InChI is InChI=1S/C12H19N3O2S2/c1-3-6-13-12(10(16)17,9-4-5-9)7-18-11-14-8(2)15-19-11/h9,13H,3-7H2,1-2H3,(H,16,17). The van der Waals surface area contributed by atoms with E-state index in [1.807, 2.05) is 13.8 Å². The number of carbonyl (C=O) groups is 1. The Morgan fingerprint density at radius 3 is 2.84 bits per heavy atom. The summed E-state index contributed by atoms with van der Waals surface area (Å²) in [4.78, 5) is 16.0. The van der Waals surface area contributed by atoms with Crippen LogP contribution in [-0.2, 0) is 4.79 Å². The van der Waals surface area contributed by atoms with E-state index in [4.69, 9.17) is 0 Å². The molecule has 106 valence electrons. The van der Waals surface area contributed by atoms with E-state index < -0.39 is 11.5 Å². The van der Waals surface area contributed by atoms with Gasteiger partial charge in [0.05, 0.1) is 0 Å². The molecule has 2 N–H and O–H groups in total. The van der Waals surface area contributed by atoms with Crippen molar-refractivity contribution in [1.82, 2.24) is 14.7 Å². The topological polar surface area (TPSA) is 75.1 Å². The Kier molecular flexibility index (Phi) is 4.81. The summed E-state index contributed by atoms with van der Waals surface area (Å²) in [6.07, 6.45) is 2.93. The molecule has 1 atom stereocenters. The van der Waals surface area contributed by atoms with E-state index in [2.05, 4.69) is 14.7 Å². The van der Waals surface area contributed by atoms with Crippen LogP contribution in [0.3, 0.4) is 0 Å². The molecule has 1 aliphatic rings. The summed E-state index contributed by atoms with van der Waals surface area (Å²) in [7, 11) is 0. The fraction of sp³-hybridized carbons (Fsp3) is 0.750. The molecule has 0 aromatic carbocycles. The van der Waals surface area contributed by atoms with Crippen molar-refractivity contribution in [1.29, 1.82) is 0 Å². The minimum absolute atomic E-state index is 0.248. The third kappa shape index (κ3) is 3.46. The molecule has 19 heavy (non-hydrogen) atoms. The number of aliphatic carboxylic acids is 1. The molecule has 0 radical (unpaired) electrons. The third-order valence-corrected chi connectivity index (χ3v) is 5.40. The molecule has 1 unspecified atom stereocenters. The fourth-order valence-corrected chi connectivity index (χ4v) is 3.99. The lowest BCUT2D eigenvalue weighted by molar-refractivity contribution is -0.144. The maximum Gasteiger partial charge on any atom is 0.325 e. The molecular weight excluding hydrogens is 282 g/mol. The second-order valence-corrected chi connectivity index (χ2v) is 6.85. The largest absolute Gasteiger partial charge is 0.480 e. The van der Waals surface area contributed by atoms with Crippen LogP contribution >= 0.6 is 23.3 Å². The summed E-state index contributed by atoms with van der Waals surface area (Å²) in [5.41, 5.74) is -0.805. The molecule has 0 aliphatic heterocycles. The Bertz CT molecular complexity index is 448. The number of hydrogen-bond acceptors (Lipinski definition) is 6. The maximum absolute atomic E-state index is 11.7. The Morgan fingerprint density at radius 2 is 2.37 bits per heavy atom. The van der Waals surface area contributed by atoms with Crippen LogP contribution in [0.25, 0.3) is 0 Å². The lowest BCUT2D eigenvalue weighted by Crippen LogP contribution is -2.56. The smallest absolute Gasteiger partial charge is 0.325 e. The van der Waals surface area contributed by atoms with E-state index in [0.717, 1.165) is 36.0 Å². The third-order valence-electron chi connectivity index (χ3n) is 3.28. The molecule has 1 aliphatic carbocycles. The van der Waals surface area contributed by atoms with Crippen molar-refractivity contribution in [3.8, 4) is 0 Å². The molecule has 2 rings (SSSR count). The molecule has 5 nitrogen and oxygen atoms in total. The quantitative estimate of drug-likeness (QED) is 0.717. The Labute approximate surface area is 121 Å². The van der Waals surface area contributed by atoms with Crippen LogP contribution in [0.2, 0.25) is 0 Å². The van der Waals surface area contributed by atoms with Crippen molar-refractivity contribution in [3.63, 3.8) is 0 Å². The van der Waals surface area contributed by atoms with Crippen LogP contribution in [0.5, 0.6) is 0 Å². The van der Waals surface area contributed by atoms with Crippen molar-refractivity contribution in [2.75, 3.05) is 12.3 Å². The Balaban J connectivity index is 2.05. The highest BCUT2D eigenvalue weighted by atomic mass is 32.2. The number of carboxylic acid groups (broad SMARTS) is 1. The van der Waals surface area contributed by atoms with Crippen LogP contribution in [0.4, 0.5) is 0 Å². The van der Waals surface area contributed by atoms with Crippen LogP contribution in [0, 0.1) is 12.8 Å². The van der Waals surface area contributed by atoms with Gasteiger partial charge in [0.2, 0.25) is 0 Å². The molecule has 1 heterocycles. The predicted octanol–water partition coefficient (Wildman–Crippen LogP) is 2.17. The van der Waals surface area contributed by atoms with E-state index >= 15 is 0 Å². The van der Waals surface area contributed by atoms with E-state index in [0.29, 0.717) is 5.75 Å². The second-order valence-electron chi connectivity index (χ2n) is 4.87. The average Bonchev–Trinajstić information content (AvgIpc) is 3.13. The van der Waals surface area contributed by atoms with Gasteiger partial charge in [0.25, 0.3) is 0 Å². The van der Waals surface area contributed by atoms with Crippen LogP contribution < -0.4 is 5.32 Å². The molecule has 1 fully saturated rings. The normalized spacial score (nSPS) is 18.2. The molecule has 1 aromatic rings. The van der Waals surface area contributed by atoms with Gasteiger partial charge in [0, 0.05) is 5.75 Å². The second kappa shape index (κ2) is 6.19. The molecule has 1 aromatic heterocycles. The highest BCUT2D eigenvalue weighted by Crippen LogP contribution is 2.42. The summed E-state index contributed by atoms with van der Waals surface area (Å²) in [5, 5.41) is 12.9. The highest BCUT2D eigenvalue weighted by molar-refractivity contribution is 8.01. The number of carboxylic acids is 1. The maximum atomic E-state index is 11.7. The molecule has 0 saturated heterocycles. The van der Waals surface area contributed by atoms with Gasteiger partial charge in [-0.3, -0.25) is 4.79 Å². The van der Waals surface area contributed by atoms with E-state index in [1.54, 1.807) is 0 Å². The summed E-state index contributed by atoms with van der Waals surface area (Å²) in [6, 6.07) is 0. The Morgan fingerprint density at radius 1 is 1.63 bits per heavy atom. The zero-order valence-electron chi connectivity index (χ0n) is 11.2. The van der Waals surface area contributed by atoms with Crippen molar-refractivity contribution < 1.29 is 9.90 Å². The number of nitrogens with one attached hydrogen (secondary N) is 1. The molecule has 1 saturated carbocycles. The van der Waals surface area contributed by atoms with E-state index in [1.165, 1.54) is 23.3 Å². The monoisotopic (exact) mass is 301 g/mol. The summed E-state index contributed by atoms with van der Waals surface area (Å²) in [6.45, 7) is 4.63. The zero-order valence-corrected chi connectivity index (χ0v) is 12.8. The van der Waals surface area contributed by atoms with Gasteiger partial charge in [-0.1, -0.05) is 18.7 Å². The highest BCUT2D eigenvalue weighted by Gasteiger charge is 2.50. The predicted molar refractivity (Wildman–Crippen MR) is 76.8 cm³/mol. The van der Waals surface area contributed by atoms with Gasteiger partial charge in [0.1, 0.15) is 11.4 Å². The van der Waals surface area contributed by atoms with E-state index in [-0.39, 0.29) is 5.92 Å². The summed E-state index contributed by atoms with van der Waals surface area (Å²) in [5.74, 6) is 0.776. The van der Waals surface area contributed by atoms with Crippen LogP contribution in [0.15, 0.2) is 4.34 Å². The number of aryl methyl sites for hydroxylation is 1. The van der Waals surface area contributed by atoms with E-state index in [9.17, 15) is 9.90 Å². The summed E-state index contributed by atoms with van der Waals surface area (Å²) >= 11 is 2.84. The fourth-order valence-electron chi connectivity index (χ4n) is 2.06. The van der Waals surface area contributed by atoms with Gasteiger partial charge in [-0.05, 0) is 50.2 Å². The Hall–Kier alpha value is -0.660. The van der Waals surface area contributed by atoms with Crippen LogP contribution in [0.1, 0.15) is 32.0 Å². The number of hydrogen-bond donors (Lipinski definition) is 2. The van der Waals surface area contributed by atoms with Gasteiger partial charge in [0.15, 0.2) is 4.34 Å². The molecule has 0 spiro atoms. The lowest BCUT2D eigenvalue weighted by Gasteiger charge is -2.30. The van der Waals surface area contributed by atoms with Gasteiger partial charge in [-0.15, -0.1) is 0 Å². The summed E-state index contributed by atoms with van der Waals surface area (Å²) < 4.78 is 4.98. The minimum atomic E-state index is -0.805. The number of nitrogens with zero attached hydrogens (tertiary/aromatic N) is 2. The van der Waals surface area contributed by atoms with Crippen LogP contribution in [-0.4, -0.2) is 38.3 Å². The average molecular weight is 301 g/mol. The van der Waals surface area contributed by atoms with Crippen molar-refractivity contribution in [3.05, 3.63) is 5.82 Å². The number of rotatable bonds is 8. The minimum Gasteiger partial charge on any atom is -0.480 e. The first-order valence-corrected chi connectivity index (χ1v) is 8.26. The molecular formula is C12H19N3O2S2. The first-order chi connectivity index (χ1) is 9.08. The molecule has 7 heteroatoms. The SMILES string of the molecule is CCCNC(CSc1nc(C)ns1)(C(=O)O)C1CC1. The zero-order chi connectivity index (χ0) is 13.9. The van der Waals surface area contributed by atoms with Gasteiger partial charge in [-0.2, -0.15) is 4.37 Å². The number of thioether (sulfide) groups is 1. The van der Waals surface area contributed by atoms with Gasteiger partial charge in [-0.25, -0.2) is 4.98 Å². The molecule has 0 bridgehead atoms. The van der Waals surface area contributed by atoms with Crippen molar-refractivity contribution >= 4 is 29.3 Å². The van der Waals surface area contributed by atoms with Crippen molar-refractivity contribution in [2.24, 2.45) is 5.92 Å². The van der Waals surface area contributed by atoms with Gasteiger partial charge < -0.3 is 10.4 Å². The lowest BCUT2D eigenvalue weighted by atomic mass is 9.95. The number of aromatic nitrogens is 2. The first-order valence-electron chi connectivity index (χ1n) is 6.50.